The van der Waals surface area contributed by atoms with Crippen molar-refractivity contribution in [2.45, 2.75) is 6.54 Å². The van der Waals surface area contributed by atoms with Gasteiger partial charge in [0.05, 0.1) is 23.8 Å². The number of amides is 2. The zero-order valence-corrected chi connectivity index (χ0v) is 13.8. The molecule has 0 aliphatic heterocycles. The number of hydrogen-bond acceptors (Lipinski definition) is 4. The summed E-state index contributed by atoms with van der Waals surface area (Å²) in [6.45, 7) is 0.356. The minimum Gasteiger partial charge on any atom is -0.494 e. The SMILES string of the molecule is COc1cc([N+](=O)[O-])ccc1NC(=O)NCc1ccc(Br)cc1. The van der Waals surface area contributed by atoms with E-state index in [1.165, 1.54) is 25.3 Å². The second kappa shape index (κ2) is 7.59. The van der Waals surface area contributed by atoms with Crippen molar-refractivity contribution in [2.24, 2.45) is 0 Å². The van der Waals surface area contributed by atoms with Crippen LogP contribution in [0.2, 0.25) is 0 Å². The highest BCUT2D eigenvalue weighted by atomic mass is 79.9. The standard InChI is InChI=1S/C15H14BrN3O4/c1-23-14-8-12(19(21)22)6-7-13(14)18-15(20)17-9-10-2-4-11(16)5-3-10/h2-8H,9H2,1H3,(H2,17,18,20). The number of hydrogen-bond donors (Lipinski definition) is 2. The summed E-state index contributed by atoms with van der Waals surface area (Å²) < 4.78 is 6.02. The van der Waals surface area contributed by atoms with E-state index in [1.54, 1.807) is 0 Å². The number of nitro benzene ring substituents is 1. The van der Waals surface area contributed by atoms with Gasteiger partial charge in [-0.2, -0.15) is 0 Å². The third kappa shape index (κ3) is 4.68. The maximum atomic E-state index is 11.9. The molecule has 0 fully saturated rings. The summed E-state index contributed by atoms with van der Waals surface area (Å²) in [5, 5.41) is 16.0. The normalized spacial score (nSPS) is 10.0. The number of nitro groups is 1. The number of nitrogens with one attached hydrogen (secondary N) is 2. The van der Waals surface area contributed by atoms with Crippen LogP contribution >= 0.6 is 15.9 Å². The van der Waals surface area contributed by atoms with Gasteiger partial charge in [-0.25, -0.2) is 4.79 Å². The Morgan fingerprint density at radius 3 is 2.57 bits per heavy atom. The van der Waals surface area contributed by atoms with Crippen molar-refractivity contribution >= 4 is 33.3 Å². The predicted molar refractivity (Wildman–Crippen MR) is 89.6 cm³/mol. The average Bonchev–Trinajstić information content (AvgIpc) is 2.54. The molecule has 0 saturated carbocycles. The van der Waals surface area contributed by atoms with Gasteiger partial charge in [0.15, 0.2) is 0 Å². The zero-order valence-electron chi connectivity index (χ0n) is 12.2. The molecule has 0 spiro atoms. The fourth-order valence-electron chi connectivity index (χ4n) is 1.85. The number of nitrogens with zero attached hydrogens (tertiary/aromatic N) is 1. The van der Waals surface area contributed by atoms with Gasteiger partial charge in [0.25, 0.3) is 5.69 Å². The van der Waals surface area contributed by atoms with Crippen LogP contribution in [-0.2, 0) is 6.54 Å². The first-order valence-corrected chi connectivity index (χ1v) is 7.40. The third-order valence-corrected chi connectivity index (χ3v) is 3.54. The fourth-order valence-corrected chi connectivity index (χ4v) is 2.11. The minimum absolute atomic E-state index is 0.109. The summed E-state index contributed by atoms with van der Waals surface area (Å²) in [7, 11) is 1.38. The van der Waals surface area contributed by atoms with Gasteiger partial charge >= 0.3 is 6.03 Å². The highest BCUT2D eigenvalue weighted by molar-refractivity contribution is 9.10. The van der Waals surface area contributed by atoms with Crippen LogP contribution in [0.25, 0.3) is 0 Å². The summed E-state index contributed by atoms with van der Waals surface area (Å²) in [4.78, 5) is 22.1. The number of anilines is 1. The van der Waals surface area contributed by atoms with Crippen molar-refractivity contribution in [3.63, 3.8) is 0 Å². The van der Waals surface area contributed by atoms with Gasteiger partial charge in [0.2, 0.25) is 0 Å². The van der Waals surface area contributed by atoms with E-state index >= 15 is 0 Å². The zero-order chi connectivity index (χ0) is 16.8. The molecule has 0 bridgehead atoms. The Kier molecular flexibility index (Phi) is 5.53. The van der Waals surface area contributed by atoms with E-state index in [1.807, 2.05) is 24.3 Å². The number of carbonyl (C=O) groups excluding carboxylic acids is 1. The Labute approximate surface area is 140 Å². The lowest BCUT2D eigenvalue weighted by Crippen LogP contribution is -2.28. The average molecular weight is 380 g/mol. The van der Waals surface area contributed by atoms with Crippen LogP contribution in [0.15, 0.2) is 46.9 Å². The molecule has 8 heteroatoms. The molecule has 2 amide bonds. The molecule has 0 saturated heterocycles. The smallest absolute Gasteiger partial charge is 0.319 e. The highest BCUT2D eigenvalue weighted by Gasteiger charge is 2.13. The number of carbonyl (C=O) groups is 1. The second-order valence-electron chi connectivity index (χ2n) is 4.58. The van der Waals surface area contributed by atoms with Crippen LogP contribution in [0.1, 0.15) is 5.56 Å². The fraction of sp³-hybridized carbons (Fsp3) is 0.133. The largest absolute Gasteiger partial charge is 0.494 e. The predicted octanol–water partition coefficient (Wildman–Crippen LogP) is 3.69. The number of urea groups is 1. The van der Waals surface area contributed by atoms with Crippen molar-refractivity contribution in [2.75, 3.05) is 12.4 Å². The van der Waals surface area contributed by atoms with Gasteiger partial charge in [-0.05, 0) is 23.8 Å². The van der Waals surface area contributed by atoms with E-state index in [9.17, 15) is 14.9 Å². The number of halogens is 1. The van der Waals surface area contributed by atoms with Gasteiger partial charge in [-0.3, -0.25) is 10.1 Å². The molecule has 0 unspecified atom stereocenters. The molecular weight excluding hydrogens is 366 g/mol. The first kappa shape index (κ1) is 16.8. The first-order chi connectivity index (χ1) is 11.0. The summed E-state index contributed by atoms with van der Waals surface area (Å²) in [6.07, 6.45) is 0. The molecule has 2 rings (SSSR count). The topological polar surface area (TPSA) is 93.5 Å². The molecule has 0 aliphatic carbocycles. The van der Waals surface area contributed by atoms with Crippen LogP contribution in [0, 0.1) is 10.1 Å². The quantitative estimate of drug-likeness (QED) is 0.611. The van der Waals surface area contributed by atoms with Crippen molar-refractivity contribution in [1.82, 2.24) is 5.32 Å². The Bertz CT molecular complexity index is 719. The van der Waals surface area contributed by atoms with E-state index in [-0.39, 0.29) is 11.4 Å². The lowest BCUT2D eigenvalue weighted by molar-refractivity contribution is -0.384. The van der Waals surface area contributed by atoms with Crippen molar-refractivity contribution in [1.29, 1.82) is 0 Å². The first-order valence-electron chi connectivity index (χ1n) is 6.61. The van der Waals surface area contributed by atoms with Crippen molar-refractivity contribution in [3.05, 3.63) is 62.6 Å². The molecule has 7 nitrogen and oxygen atoms in total. The Morgan fingerprint density at radius 1 is 1.26 bits per heavy atom. The third-order valence-electron chi connectivity index (χ3n) is 3.01. The molecule has 2 aromatic rings. The van der Waals surface area contributed by atoms with Gasteiger partial charge in [0, 0.05) is 17.1 Å². The van der Waals surface area contributed by atoms with Gasteiger partial charge in [-0.1, -0.05) is 28.1 Å². The molecule has 2 aromatic carbocycles. The lowest BCUT2D eigenvalue weighted by Gasteiger charge is -2.11. The van der Waals surface area contributed by atoms with Gasteiger partial charge in [-0.15, -0.1) is 0 Å². The Hall–Kier alpha value is -2.61. The Balaban J connectivity index is 1.99. The maximum Gasteiger partial charge on any atom is 0.319 e. The van der Waals surface area contributed by atoms with Gasteiger partial charge < -0.3 is 15.4 Å². The molecule has 0 radical (unpaired) electrons. The molecule has 0 heterocycles. The van der Waals surface area contributed by atoms with E-state index in [2.05, 4.69) is 26.6 Å². The summed E-state index contributed by atoms with van der Waals surface area (Å²) in [5.41, 5.74) is 1.19. The molecule has 23 heavy (non-hydrogen) atoms. The number of ether oxygens (including phenoxy) is 1. The summed E-state index contributed by atoms with van der Waals surface area (Å²) >= 11 is 3.34. The van der Waals surface area contributed by atoms with Crippen LogP contribution in [0.3, 0.4) is 0 Å². The molecule has 120 valence electrons. The van der Waals surface area contributed by atoms with Crippen molar-refractivity contribution < 1.29 is 14.5 Å². The van der Waals surface area contributed by atoms with Crippen LogP contribution in [0.4, 0.5) is 16.2 Å². The minimum atomic E-state index is -0.528. The van der Waals surface area contributed by atoms with Crippen LogP contribution < -0.4 is 15.4 Å². The molecule has 0 atom stereocenters. The van der Waals surface area contributed by atoms with E-state index in [0.717, 1.165) is 10.0 Å². The number of non-ortho nitro benzene ring substituents is 1. The van der Waals surface area contributed by atoms with Gasteiger partial charge in [0.1, 0.15) is 5.75 Å². The monoisotopic (exact) mass is 379 g/mol. The van der Waals surface area contributed by atoms with E-state index < -0.39 is 11.0 Å². The summed E-state index contributed by atoms with van der Waals surface area (Å²) in [6, 6.07) is 11.1. The number of benzene rings is 2. The number of rotatable bonds is 5. The summed E-state index contributed by atoms with van der Waals surface area (Å²) in [5.74, 6) is 0.220. The molecule has 0 aliphatic rings. The molecular formula is C15H14BrN3O4. The molecule has 2 N–H and O–H groups in total. The van der Waals surface area contributed by atoms with Crippen LogP contribution in [0.5, 0.6) is 5.75 Å². The maximum absolute atomic E-state index is 11.9. The van der Waals surface area contributed by atoms with E-state index in [4.69, 9.17) is 4.74 Å². The Morgan fingerprint density at radius 2 is 1.96 bits per heavy atom. The second-order valence-corrected chi connectivity index (χ2v) is 5.49. The highest BCUT2D eigenvalue weighted by Crippen LogP contribution is 2.28. The van der Waals surface area contributed by atoms with Crippen LogP contribution in [-0.4, -0.2) is 18.1 Å². The number of methoxy groups -OCH3 is 1. The molecule has 0 aromatic heterocycles. The lowest BCUT2D eigenvalue weighted by atomic mass is 10.2. The van der Waals surface area contributed by atoms with Crippen molar-refractivity contribution in [3.8, 4) is 5.75 Å². The van der Waals surface area contributed by atoms with E-state index in [0.29, 0.717) is 12.2 Å².